The van der Waals surface area contributed by atoms with Crippen LogP contribution in [-0.2, 0) is 16.1 Å². The lowest BCUT2D eigenvalue weighted by Crippen LogP contribution is -2.39. The van der Waals surface area contributed by atoms with Crippen LogP contribution in [0.3, 0.4) is 0 Å². The number of carbonyl (C=O) groups excluding carboxylic acids is 1. The van der Waals surface area contributed by atoms with Gasteiger partial charge in [-0.25, -0.2) is 8.78 Å². The molecule has 0 spiro atoms. The topological polar surface area (TPSA) is 29.5 Å². The number of fused-ring (bicyclic) bond motifs is 1. The highest BCUT2D eigenvalue weighted by Crippen LogP contribution is 2.30. The van der Waals surface area contributed by atoms with Crippen LogP contribution < -0.4 is 0 Å². The molecule has 116 valence electrons. The molecular weight excluding hydrogens is 296 g/mol. The Hall–Kier alpha value is -1.14. The fraction of sp³-hybridized carbons (Fsp3) is 0.533. The van der Waals surface area contributed by atoms with E-state index in [1.54, 1.807) is 11.8 Å². The van der Waals surface area contributed by atoms with Gasteiger partial charge in [0, 0.05) is 23.2 Å². The van der Waals surface area contributed by atoms with Crippen LogP contribution in [0.15, 0.2) is 29.2 Å². The Balaban J connectivity index is 1.93. The molecule has 0 saturated heterocycles. The van der Waals surface area contributed by atoms with Crippen LogP contribution >= 0.6 is 11.8 Å². The molecule has 21 heavy (non-hydrogen) atoms. The van der Waals surface area contributed by atoms with Gasteiger partial charge in [0.05, 0.1) is 13.0 Å². The lowest BCUT2D eigenvalue weighted by atomic mass is 10.2. The van der Waals surface area contributed by atoms with Crippen LogP contribution in [-0.4, -0.2) is 42.2 Å². The molecule has 0 radical (unpaired) electrons. The molecule has 0 bridgehead atoms. The van der Waals surface area contributed by atoms with Crippen LogP contribution in [0.25, 0.3) is 0 Å². The second-order valence-corrected chi connectivity index (χ2v) is 6.07. The van der Waals surface area contributed by atoms with Crippen molar-refractivity contribution >= 4 is 17.7 Å². The van der Waals surface area contributed by atoms with Gasteiger partial charge in [-0.3, -0.25) is 4.79 Å². The van der Waals surface area contributed by atoms with Crippen molar-refractivity contribution in [3.8, 4) is 0 Å². The largest absolute Gasteiger partial charge is 0.375 e. The van der Waals surface area contributed by atoms with Crippen LogP contribution in [0.1, 0.15) is 18.9 Å². The van der Waals surface area contributed by atoms with E-state index in [0.717, 1.165) is 11.3 Å². The Labute approximate surface area is 127 Å². The maximum atomic E-state index is 12.3. The van der Waals surface area contributed by atoms with Crippen molar-refractivity contribution in [1.82, 2.24) is 4.90 Å². The molecule has 0 fully saturated rings. The van der Waals surface area contributed by atoms with Crippen molar-refractivity contribution < 1.29 is 18.3 Å². The van der Waals surface area contributed by atoms with Gasteiger partial charge in [0.1, 0.15) is 6.61 Å². The van der Waals surface area contributed by atoms with E-state index in [0.29, 0.717) is 6.54 Å². The summed E-state index contributed by atoms with van der Waals surface area (Å²) in [5, 5.41) is 0. The number of carbonyl (C=O) groups is 1. The fourth-order valence-corrected chi connectivity index (χ4v) is 3.32. The van der Waals surface area contributed by atoms with E-state index in [9.17, 15) is 13.6 Å². The number of nitrogens with zero attached hydrogens (tertiary/aromatic N) is 1. The molecular formula is C15H19F2NO2S. The molecule has 0 N–H and O–H groups in total. The first-order valence-electron chi connectivity index (χ1n) is 6.94. The van der Waals surface area contributed by atoms with E-state index in [4.69, 9.17) is 4.74 Å². The number of ether oxygens (including phenoxy) is 1. The quantitative estimate of drug-likeness (QED) is 0.782. The minimum atomic E-state index is -2.49. The van der Waals surface area contributed by atoms with Gasteiger partial charge in [-0.1, -0.05) is 18.2 Å². The van der Waals surface area contributed by atoms with E-state index >= 15 is 0 Å². The Morgan fingerprint density at radius 1 is 1.48 bits per heavy atom. The molecule has 1 aliphatic heterocycles. The van der Waals surface area contributed by atoms with Gasteiger partial charge in [-0.2, -0.15) is 0 Å². The second-order valence-electron chi connectivity index (χ2n) is 5.01. The summed E-state index contributed by atoms with van der Waals surface area (Å²) in [4.78, 5) is 15.3. The molecule has 1 atom stereocenters. The summed E-state index contributed by atoms with van der Waals surface area (Å²) < 4.78 is 28.7. The van der Waals surface area contributed by atoms with Gasteiger partial charge in [0.15, 0.2) is 0 Å². The summed E-state index contributed by atoms with van der Waals surface area (Å²) in [5.41, 5.74) is 1.13. The summed E-state index contributed by atoms with van der Waals surface area (Å²) in [6.07, 6.45) is -2.34. The molecule has 2 rings (SSSR count). The van der Waals surface area contributed by atoms with Gasteiger partial charge >= 0.3 is 0 Å². The lowest BCUT2D eigenvalue weighted by molar-refractivity contribution is -0.135. The van der Waals surface area contributed by atoms with Crippen molar-refractivity contribution in [2.24, 2.45) is 0 Å². The summed E-state index contributed by atoms with van der Waals surface area (Å²) in [5.74, 6) is 0.787. The molecule has 0 aromatic heterocycles. The second kappa shape index (κ2) is 7.75. The molecule has 1 aliphatic rings. The monoisotopic (exact) mass is 315 g/mol. The maximum Gasteiger partial charge on any atom is 0.261 e. The molecule has 0 saturated carbocycles. The maximum absolute atomic E-state index is 12.3. The van der Waals surface area contributed by atoms with Crippen molar-refractivity contribution in [3.05, 3.63) is 29.8 Å². The van der Waals surface area contributed by atoms with E-state index < -0.39 is 13.0 Å². The third-order valence-electron chi connectivity index (χ3n) is 3.35. The smallest absolute Gasteiger partial charge is 0.261 e. The molecule has 1 aromatic rings. The third-order valence-corrected chi connectivity index (χ3v) is 4.71. The van der Waals surface area contributed by atoms with E-state index in [2.05, 4.69) is 6.07 Å². The molecule has 6 heteroatoms. The van der Waals surface area contributed by atoms with Gasteiger partial charge in [0.2, 0.25) is 5.91 Å². The number of alkyl halides is 2. The minimum Gasteiger partial charge on any atom is -0.375 e. The van der Waals surface area contributed by atoms with Crippen LogP contribution in [0.4, 0.5) is 8.78 Å². The Morgan fingerprint density at radius 2 is 2.24 bits per heavy atom. The van der Waals surface area contributed by atoms with Crippen LogP contribution in [0.2, 0.25) is 0 Å². The van der Waals surface area contributed by atoms with E-state index in [-0.39, 0.29) is 25.0 Å². The van der Waals surface area contributed by atoms with Crippen LogP contribution in [0.5, 0.6) is 0 Å². The molecule has 0 aliphatic carbocycles. The Bertz CT molecular complexity index is 484. The highest BCUT2D eigenvalue weighted by atomic mass is 32.2. The molecule has 1 unspecified atom stereocenters. The zero-order valence-electron chi connectivity index (χ0n) is 11.9. The number of halogens is 2. The molecule has 1 aromatic carbocycles. The number of thioether (sulfide) groups is 1. The standard InChI is InChI=1S/C15H19F2NO2S/c1-11-10-21-13-5-3-2-4-12(13)8-18(11)15(19)6-7-20-9-14(16)17/h2-5,11,14H,6-10H2,1H3. The Morgan fingerprint density at radius 3 is 3.00 bits per heavy atom. The van der Waals surface area contributed by atoms with E-state index in [1.807, 2.05) is 30.0 Å². The number of rotatable bonds is 5. The molecule has 1 heterocycles. The third kappa shape index (κ3) is 4.68. The van der Waals surface area contributed by atoms with Gasteiger partial charge < -0.3 is 9.64 Å². The average Bonchev–Trinajstić information content (AvgIpc) is 2.63. The summed E-state index contributed by atoms with van der Waals surface area (Å²) in [6, 6.07) is 8.15. The summed E-state index contributed by atoms with van der Waals surface area (Å²) in [6.45, 7) is 2.01. The fourth-order valence-electron chi connectivity index (χ4n) is 2.22. The first-order chi connectivity index (χ1) is 10.1. The molecule has 1 amide bonds. The first kappa shape index (κ1) is 16.2. The summed E-state index contributed by atoms with van der Waals surface area (Å²) >= 11 is 1.75. The number of hydrogen-bond donors (Lipinski definition) is 0. The van der Waals surface area contributed by atoms with Gasteiger partial charge in [-0.15, -0.1) is 11.8 Å². The van der Waals surface area contributed by atoms with Gasteiger partial charge in [0.25, 0.3) is 6.43 Å². The number of benzene rings is 1. The van der Waals surface area contributed by atoms with Gasteiger partial charge in [-0.05, 0) is 18.6 Å². The minimum absolute atomic E-state index is 0.0428. The van der Waals surface area contributed by atoms with Crippen molar-refractivity contribution in [3.63, 3.8) is 0 Å². The predicted molar refractivity (Wildman–Crippen MR) is 78.6 cm³/mol. The Kier molecular flexibility index (Phi) is 5.99. The van der Waals surface area contributed by atoms with Crippen molar-refractivity contribution in [2.75, 3.05) is 19.0 Å². The number of hydrogen-bond acceptors (Lipinski definition) is 3. The average molecular weight is 315 g/mol. The van der Waals surface area contributed by atoms with Crippen LogP contribution in [0, 0.1) is 0 Å². The summed E-state index contributed by atoms with van der Waals surface area (Å²) in [7, 11) is 0. The number of amides is 1. The highest BCUT2D eigenvalue weighted by Gasteiger charge is 2.24. The first-order valence-corrected chi connectivity index (χ1v) is 7.92. The SMILES string of the molecule is CC1CSc2ccccc2CN1C(=O)CCOCC(F)F. The lowest BCUT2D eigenvalue weighted by Gasteiger charge is -2.27. The van der Waals surface area contributed by atoms with E-state index in [1.165, 1.54) is 4.90 Å². The van der Waals surface area contributed by atoms with Crippen molar-refractivity contribution in [2.45, 2.75) is 37.3 Å². The zero-order valence-corrected chi connectivity index (χ0v) is 12.7. The molecule has 3 nitrogen and oxygen atoms in total. The highest BCUT2D eigenvalue weighted by molar-refractivity contribution is 7.99. The zero-order chi connectivity index (χ0) is 15.2. The normalized spacial score (nSPS) is 18.5. The predicted octanol–water partition coefficient (Wildman–Crippen LogP) is 3.18. The van der Waals surface area contributed by atoms with Crippen molar-refractivity contribution in [1.29, 1.82) is 0 Å².